The van der Waals surface area contributed by atoms with Gasteiger partial charge in [-0.2, -0.15) is 5.10 Å². The van der Waals surface area contributed by atoms with Gasteiger partial charge in [-0.1, -0.05) is 0 Å². The zero-order valence-corrected chi connectivity index (χ0v) is 17.8. The van der Waals surface area contributed by atoms with Crippen molar-refractivity contribution in [3.63, 3.8) is 0 Å². The topological polar surface area (TPSA) is 108 Å². The number of carbonyl (C=O) groups is 1. The minimum Gasteiger partial charge on any atom is -0.317 e. The molecule has 1 aliphatic heterocycles. The largest absolute Gasteiger partial charge is 0.317 e. The molecule has 1 amide bonds. The molecule has 154 valence electrons. The van der Waals surface area contributed by atoms with Gasteiger partial charge in [0.2, 0.25) is 5.91 Å². The summed E-state index contributed by atoms with van der Waals surface area (Å²) in [7, 11) is 0. The van der Waals surface area contributed by atoms with E-state index in [9.17, 15) is 4.79 Å². The van der Waals surface area contributed by atoms with Gasteiger partial charge >= 0.3 is 0 Å². The molecule has 0 unspecified atom stereocenters. The first-order valence-electron chi connectivity index (χ1n) is 9.83. The summed E-state index contributed by atoms with van der Waals surface area (Å²) >= 11 is 3.31. The smallest absolute Gasteiger partial charge is 0.226 e. The molecular weight excluding hydrogens is 418 g/mol. The SMILES string of the molecule is O=C(CCNCc1ccn[nH]1)Nc1sc2c(c1-c1nc3cnccc3s1)CCNC2. The molecule has 0 fully saturated rings. The molecule has 1 aliphatic rings. The molecule has 5 heterocycles. The van der Waals surface area contributed by atoms with Crippen molar-refractivity contribution in [1.29, 1.82) is 0 Å². The van der Waals surface area contributed by atoms with Crippen LogP contribution in [-0.2, 0) is 24.3 Å². The first-order valence-corrected chi connectivity index (χ1v) is 11.5. The summed E-state index contributed by atoms with van der Waals surface area (Å²) in [6, 6.07) is 3.90. The monoisotopic (exact) mass is 439 g/mol. The third-order valence-corrected chi connectivity index (χ3v) is 7.19. The number of amides is 1. The van der Waals surface area contributed by atoms with Crippen LogP contribution in [0.15, 0.2) is 30.7 Å². The number of anilines is 1. The highest BCUT2D eigenvalue weighted by molar-refractivity contribution is 7.22. The fourth-order valence-electron chi connectivity index (χ4n) is 3.53. The van der Waals surface area contributed by atoms with Gasteiger partial charge < -0.3 is 16.0 Å². The van der Waals surface area contributed by atoms with E-state index < -0.39 is 0 Å². The standard InChI is InChI=1S/C20H21N7OS2/c28-17(4-7-21-9-12-1-8-24-27-12)26-20-18(13-2-5-23-11-16(13)30-20)19-25-14-10-22-6-3-15(14)29-19/h1,3,6,8,10,21,23H,2,4-5,7,9,11H2,(H,24,27)(H,26,28). The number of rotatable bonds is 7. The van der Waals surface area contributed by atoms with E-state index >= 15 is 0 Å². The van der Waals surface area contributed by atoms with Crippen molar-refractivity contribution >= 4 is 43.8 Å². The summed E-state index contributed by atoms with van der Waals surface area (Å²) in [5.74, 6) is 0.00250. The first kappa shape index (κ1) is 19.3. The fourth-order valence-corrected chi connectivity index (χ4v) is 5.84. The van der Waals surface area contributed by atoms with Crippen molar-refractivity contribution in [1.82, 2.24) is 30.8 Å². The molecule has 4 N–H and O–H groups in total. The number of thiazole rings is 1. The normalized spacial score (nSPS) is 13.5. The van der Waals surface area contributed by atoms with E-state index in [1.54, 1.807) is 41.3 Å². The van der Waals surface area contributed by atoms with E-state index in [2.05, 4.69) is 31.1 Å². The van der Waals surface area contributed by atoms with Crippen LogP contribution in [0.1, 0.15) is 22.6 Å². The first-order chi connectivity index (χ1) is 14.8. The van der Waals surface area contributed by atoms with Gasteiger partial charge in [-0.25, -0.2) is 4.98 Å². The minimum absolute atomic E-state index is 0.00250. The van der Waals surface area contributed by atoms with E-state index in [1.165, 1.54) is 10.4 Å². The van der Waals surface area contributed by atoms with Crippen LogP contribution in [0.3, 0.4) is 0 Å². The van der Waals surface area contributed by atoms with Gasteiger partial charge in [-0.05, 0) is 30.7 Å². The summed E-state index contributed by atoms with van der Waals surface area (Å²) in [6.45, 7) is 3.03. The average molecular weight is 440 g/mol. The molecule has 0 saturated carbocycles. The highest BCUT2D eigenvalue weighted by atomic mass is 32.1. The van der Waals surface area contributed by atoms with Gasteiger partial charge in [0, 0.05) is 54.6 Å². The predicted octanol–water partition coefficient (Wildman–Crippen LogP) is 2.91. The third kappa shape index (κ3) is 3.99. The number of nitrogens with one attached hydrogen (secondary N) is 4. The Kier molecular flexibility index (Phi) is 5.54. The summed E-state index contributed by atoms with van der Waals surface area (Å²) in [5, 5.41) is 18.5. The van der Waals surface area contributed by atoms with E-state index in [0.29, 0.717) is 19.5 Å². The number of thiophene rings is 1. The number of hydrogen-bond donors (Lipinski definition) is 4. The van der Waals surface area contributed by atoms with Gasteiger partial charge in [0.25, 0.3) is 0 Å². The maximum Gasteiger partial charge on any atom is 0.226 e. The molecule has 0 aromatic carbocycles. The van der Waals surface area contributed by atoms with Crippen molar-refractivity contribution < 1.29 is 4.79 Å². The lowest BCUT2D eigenvalue weighted by Gasteiger charge is -2.13. The zero-order chi connectivity index (χ0) is 20.3. The number of aromatic nitrogens is 4. The number of carbonyl (C=O) groups excluding carboxylic acids is 1. The molecular formula is C20H21N7OS2. The molecule has 4 aromatic heterocycles. The second-order valence-electron chi connectivity index (χ2n) is 7.05. The molecule has 0 aliphatic carbocycles. The predicted molar refractivity (Wildman–Crippen MR) is 120 cm³/mol. The molecule has 8 nitrogen and oxygen atoms in total. The van der Waals surface area contributed by atoms with Gasteiger partial charge in [-0.3, -0.25) is 14.9 Å². The number of hydrogen-bond acceptors (Lipinski definition) is 8. The Morgan fingerprint density at radius 2 is 2.20 bits per heavy atom. The number of H-pyrrole nitrogens is 1. The van der Waals surface area contributed by atoms with Crippen LogP contribution >= 0.6 is 22.7 Å². The number of aromatic amines is 1. The molecule has 5 rings (SSSR count). The van der Waals surface area contributed by atoms with Crippen molar-refractivity contribution in [2.45, 2.75) is 25.9 Å². The van der Waals surface area contributed by atoms with E-state index in [0.717, 1.165) is 51.0 Å². The second-order valence-corrected chi connectivity index (χ2v) is 9.19. The van der Waals surface area contributed by atoms with Gasteiger partial charge in [0.05, 0.1) is 10.9 Å². The van der Waals surface area contributed by atoms with Crippen molar-refractivity contribution in [2.75, 3.05) is 18.4 Å². The lowest BCUT2D eigenvalue weighted by atomic mass is 10.0. The van der Waals surface area contributed by atoms with Crippen LogP contribution in [0.4, 0.5) is 5.00 Å². The Morgan fingerprint density at radius 3 is 3.07 bits per heavy atom. The number of pyridine rings is 1. The van der Waals surface area contributed by atoms with E-state index in [1.807, 2.05) is 12.1 Å². The quantitative estimate of drug-likeness (QED) is 0.330. The highest BCUT2D eigenvalue weighted by Crippen LogP contribution is 2.44. The van der Waals surface area contributed by atoms with Crippen LogP contribution in [0.5, 0.6) is 0 Å². The second kappa shape index (κ2) is 8.60. The molecule has 0 radical (unpaired) electrons. The van der Waals surface area contributed by atoms with Crippen LogP contribution in [0, 0.1) is 0 Å². The fraction of sp³-hybridized carbons (Fsp3) is 0.300. The lowest BCUT2D eigenvalue weighted by molar-refractivity contribution is -0.116. The zero-order valence-electron chi connectivity index (χ0n) is 16.2. The van der Waals surface area contributed by atoms with Crippen molar-refractivity contribution in [3.8, 4) is 10.6 Å². The molecule has 30 heavy (non-hydrogen) atoms. The summed E-state index contributed by atoms with van der Waals surface area (Å²) in [6.07, 6.45) is 6.64. The van der Waals surface area contributed by atoms with Crippen LogP contribution in [0.25, 0.3) is 20.8 Å². The van der Waals surface area contributed by atoms with Gasteiger partial charge in [-0.15, -0.1) is 22.7 Å². The third-order valence-electron chi connectivity index (χ3n) is 4.99. The summed E-state index contributed by atoms with van der Waals surface area (Å²) in [5.41, 5.74) is 4.28. The number of nitrogens with zero attached hydrogens (tertiary/aromatic N) is 3. The maximum absolute atomic E-state index is 12.6. The number of fused-ring (bicyclic) bond motifs is 2. The van der Waals surface area contributed by atoms with Crippen molar-refractivity contribution in [3.05, 3.63) is 46.9 Å². The van der Waals surface area contributed by atoms with E-state index in [4.69, 9.17) is 4.98 Å². The van der Waals surface area contributed by atoms with Crippen LogP contribution < -0.4 is 16.0 Å². The Labute approximate surface area is 181 Å². The van der Waals surface area contributed by atoms with Crippen LogP contribution in [0.2, 0.25) is 0 Å². The lowest BCUT2D eigenvalue weighted by Crippen LogP contribution is -2.22. The summed E-state index contributed by atoms with van der Waals surface area (Å²) in [4.78, 5) is 22.9. The Bertz CT molecular complexity index is 1130. The maximum atomic E-state index is 12.6. The van der Waals surface area contributed by atoms with Crippen molar-refractivity contribution in [2.24, 2.45) is 0 Å². The molecule has 10 heteroatoms. The molecule has 4 aromatic rings. The molecule has 0 atom stereocenters. The molecule has 0 saturated heterocycles. The summed E-state index contributed by atoms with van der Waals surface area (Å²) < 4.78 is 1.11. The van der Waals surface area contributed by atoms with Gasteiger partial charge in [0.15, 0.2) is 0 Å². The van der Waals surface area contributed by atoms with Crippen LogP contribution in [-0.4, -0.2) is 39.2 Å². The molecule has 0 spiro atoms. The molecule has 0 bridgehead atoms. The minimum atomic E-state index is 0.00250. The Balaban J connectivity index is 1.34. The highest BCUT2D eigenvalue weighted by Gasteiger charge is 2.25. The van der Waals surface area contributed by atoms with E-state index in [-0.39, 0.29) is 5.91 Å². The Hall–Kier alpha value is -2.66. The average Bonchev–Trinajstić information content (AvgIpc) is 3.48. The Morgan fingerprint density at radius 1 is 1.23 bits per heavy atom. The van der Waals surface area contributed by atoms with Gasteiger partial charge in [0.1, 0.15) is 15.5 Å².